The van der Waals surface area contributed by atoms with Gasteiger partial charge in [0, 0.05) is 17.5 Å². The molecule has 4 rings (SSSR count). The minimum atomic E-state index is -0.731. The molecule has 3 heterocycles. The van der Waals surface area contributed by atoms with E-state index in [9.17, 15) is 19.5 Å². The van der Waals surface area contributed by atoms with E-state index >= 15 is 0 Å². The smallest absolute Gasteiger partial charge is 0.248 e. The van der Waals surface area contributed by atoms with E-state index in [2.05, 4.69) is 10.6 Å². The number of rotatable bonds is 9. The molecule has 3 saturated heterocycles. The van der Waals surface area contributed by atoms with Crippen LogP contribution < -0.4 is 10.6 Å². The number of aliphatic hydroxyl groups excluding tert-OH is 1. The van der Waals surface area contributed by atoms with Crippen LogP contribution in [0.15, 0.2) is 18.2 Å². The van der Waals surface area contributed by atoms with Crippen molar-refractivity contribution in [2.75, 3.05) is 18.5 Å². The molecule has 35 heavy (non-hydrogen) atoms. The number of likely N-dealkylation sites (tertiary alicyclic amines) is 1. The average Bonchev–Trinajstić information content (AvgIpc) is 3.48. The van der Waals surface area contributed by atoms with Crippen molar-refractivity contribution in [3.05, 3.63) is 29.3 Å². The highest BCUT2D eigenvalue weighted by Crippen LogP contribution is 2.66. The highest BCUT2D eigenvalue weighted by atomic mass is 32.2. The first-order valence-corrected chi connectivity index (χ1v) is 13.8. The molecule has 192 valence electrons. The Balaban J connectivity index is 1.76. The molecule has 1 aromatic carbocycles. The van der Waals surface area contributed by atoms with Crippen LogP contribution in [0.1, 0.15) is 57.6 Å². The van der Waals surface area contributed by atoms with Gasteiger partial charge in [-0.25, -0.2) is 0 Å². The van der Waals surface area contributed by atoms with Gasteiger partial charge in [0.1, 0.15) is 6.04 Å². The molecule has 3 aliphatic rings. The predicted octanol–water partition coefficient (Wildman–Crippen LogP) is 3.27. The second-order valence-electron chi connectivity index (χ2n) is 10.5. The lowest BCUT2D eigenvalue weighted by Gasteiger charge is -2.39. The van der Waals surface area contributed by atoms with E-state index in [1.165, 1.54) is 0 Å². The molecule has 0 saturated carbocycles. The standard InChI is InChI=1S/C27H39N3O4S/c1-6-12-28-24(32)21-20-10-11-27(35-20)22(21)26(34)30(19(14-31)16(4)7-2)23(27)25(33)29-18-13-15(3)8-9-17(18)5/h8-9,13,16,19-23,31H,6-7,10-12,14H2,1-5H3,(H,28,32)(H,29,33)/t16-,19-,20-,21+,22-,23?,27?/m0/s1. The monoisotopic (exact) mass is 501 g/mol. The SMILES string of the molecule is CCCNC(=O)[C@@H]1[C@@H]2CCC3(S2)C(C(=O)Nc2cc(C)ccc2C)N([C@@H](CO)[C@@H](C)CC)C(=O)[C@H]13. The first-order chi connectivity index (χ1) is 16.7. The molecule has 7 nitrogen and oxygen atoms in total. The number of benzene rings is 1. The molecule has 2 unspecified atom stereocenters. The van der Waals surface area contributed by atoms with E-state index in [1.54, 1.807) is 16.7 Å². The molecule has 3 N–H and O–H groups in total. The van der Waals surface area contributed by atoms with Crippen molar-refractivity contribution in [2.24, 2.45) is 17.8 Å². The van der Waals surface area contributed by atoms with Gasteiger partial charge in [-0.1, -0.05) is 39.3 Å². The molecule has 3 amide bonds. The van der Waals surface area contributed by atoms with Gasteiger partial charge >= 0.3 is 0 Å². The Morgan fingerprint density at radius 1 is 1.26 bits per heavy atom. The van der Waals surface area contributed by atoms with E-state index in [0.717, 1.165) is 42.5 Å². The molecular formula is C27H39N3O4S. The maximum absolute atomic E-state index is 14.1. The zero-order valence-electron chi connectivity index (χ0n) is 21.5. The maximum Gasteiger partial charge on any atom is 0.248 e. The van der Waals surface area contributed by atoms with E-state index < -0.39 is 28.7 Å². The van der Waals surface area contributed by atoms with Crippen LogP contribution in [0.4, 0.5) is 5.69 Å². The molecule has 3 aliphatic heterocycles. The van der Waals surface area contributed by atoms with Gasteiger partial charge in [0.25, 0.3) is 0 Å². The molecule has 2 bridgehead atoms. The molecule has 7 atom stereocenters. The first-order valence-electron chi connectivity index (χ1n) is 13.0. The number of hydrogen-bond donors (Lipinski definition) is 3. The average molecular weight is 502 g/mol. The third-order valence-electron chi connectivity index (χ3n) is 8.33. The van der Waals surface area contributed by atoms with Crippen LogP contribution in [0.2, 0.25) is 0 Å². The number of fused-ring (bicyclic) bond motifs is 1. The number of amides is 3. The van der Waals surface area contributed by atoms with Gasteiger partial charge in [0.15, 0.2) is 0 Å². The van der Waals surface area contributed by atoms with Crippen molar-refractivity contribution in [3.8, 4) is 0 Å². The van der Waals surface area contributed by atoms with Gasteiger partial charge in [-0.15, -0.1) is 11.8 Å². The fraction of sp³-hybridized carbons (Fsp3) is 0.667. The molecular weight excluding hydrogens is 462 g/mol. The van der Waals surface area contributed by atoms with Gasteiger partial charge in [0.2, 0.25) is 17.7 Å². The zero-order valence-corrected chi connectivity index (χ0v) is 22.3. The lowest BCUT2D eigenvalue weighted by molar-refractivity contribution is -0.143. The predicted molar refractivity (Wildman–Crippen MR) is 139 cm³/mol. The Labute approximate surface area is 212 Å². The number of carbonyl (C=O) groups is 3. The van der Waals surface area contributed by atoms with E-state index in [1.807, 2.05) is 52.8 Å². The second-order valence-corrected chi connectivity index (χ2v) is 12.1. The van der Waals surface area contributed by atoms with Crippen molar-refractivity contribution in [2.45, 2.75) is 82.4 Å². The fourth-order valence-corrected chi connectivity index (χ4v) is 8.51. The van der Waals surface area contributed by atoms with Gasteiger partial charge in [0.05, 0.1) is 29.2 Å². The van der Waals surface area contributed by atoms with Crippen molar-refractivity contribution in [1.29, 1.82) is 0 Å². The normalized spacial score (nSPS) is 30.8. The minimum absolute atomic E-state index is 0.0183. The van der Waals surface area contributed by atoms with Crippen molar-refractivity contribution >= 4 is 35.2 Å². The Morgan fingerprint density at radius 3 is 2.66 bits per heavy atom. The number of aryl methyl sites for hydroxylation is 2. The number of aliphatic hydroxyl groups is 1. The summed E-state index contributed by atoms with van der Waals surface area (Å²) >= 11 is 1.66. The Morgan fingerprint density at radius 2 is 2.00 bits per heavy atom. The third-order valence-corrected chi connectivity index (χ3v) is 10.3. The van der Waals surface area contributed by atoms with E-state index in [-0.39, 0.29) is 35.5 Å². The van der Waals surface area contributed by atoms with Crippen molar-refractivity contribution in [3.63, 3.8) is 0 Å². The van der Waals surface area contributed by atoms with Crippen LogP contribution in [-0.4, -0.2) is 63.0 Å². The van der Waals surface area contributed by atoms with Crippen LogP contribution in [0.5, 0.6) is 0 Å². The van der Waals surface area contributed by atoms with E-state index in [0.29, 0.717) is 6.54 Å². The summed E-state index contributed by atoms with van der Waals surface area (Å²) < 4.78 is -0.654. The van der Waals surface area contributed by atoms with Gasteiger partial charge in [-0.3, -0.25) is 14.4 Å². The maximum atomic E-state index is 14.1. The summed E-state index contributed by atoms with van der Waals surface area (Å²) in [6.07, 6.45) is 3.13. The van der Waals surface area contributed by atoms with Gasteiger partial charge in [-0.2, -0.15) is 0 Å². The van der Waals surface area contributed by atoms with Crippen LogP contribution >= 0.6 is 11.8 Å². The number of anilines is 1. The number of nitrogens with zero attached hydrogens (tertiary/aromatic N) is 1. The van der Waals surface area contributed by atoms with Gasteiger partial charge in [-0.05, 0) is 56.2 Å². The second kappa shape index (κ2) is 10.1. The summed E-state index contributed by atoms with van der Waals surface area (Å²) in [6, 6.07) is 4.72. The van der Waals surface area contributed by atoms with E-state index in [4.69, 9.17) is 0 Å². The van der Waals surface area contributed by atoms with Gasteiger partial charge < -0.3 is 20.6 Å². The Bertz CT molecular complexity index is 1000. The fourth-order valence-electron chi connectivity index (χ4n) is 6.30. The van der Waals surface area contributed by atoms with Crippen molar-refractivity contribution < 1.29 is 19.5 Å². The summed E-state index contributed by atoms with van der Waals surface area (Å²) in [7, 11) is 0. The first kappa shape index (κ1) is 26.0. The van der Waals surface area contributed by atoms with Crippen LogP contribution in [-0.2, 0) is 14.4 Å². The lowest BCUT2D eigenvalue weighted by Crippen LogP contribution is -2.56. The summed E-state index contributed by atoms with van der Waals surface area (Å²) in [5.74, 6) is -1.43. The summed E-state index contributed by atoms with van der Waals surface area (Å²) in [5, 5.41) is 16.5. The topological polar surface area (TPSA) is 98.7 Å². The van der Waals surface area contributed by atoms with Crippen molar-refractivity contribution in [1.82, 2.24) is 10.2 Å². The number of carbonyl (C=O) groups excluding carboxylic acids is 3. The molecule has 0 radical (unpaired) electrons. The lowest BCUT2D eigenvalue weighted by atomic mass is 9.70. The highest BCUT2D eigenvalue weighted by Gasteiger charge is 2.74. The quantitative estimate of drug-likeness (QED) is 0.482. The minimum Gasteiger partial charge on any atom is -0.394 e. The summed E-state index contributed by atoms with van der Waals surface area (Å²) in [4.78, 5) is 43.0. The molecule has 1 aromatic rings. The Hall–Kier alpha value is -2.06. The third kappa shape index (κ3) is 4.26. The zero-order chi connectivity index (χ0) is 25.5. The molecule has 1 spiro atoms. The molecule has 3 fully saturated rings. The summed E-state index contributed by atoms with van der Waals surface area (Å²) in [5.41, 5.74) is 2.73. The molecule has 0 aliphatic carbocycles. The highest BCUT2D eigenvalue weighted by molar-refractivity contribution is 8.02. The van der Waals surface area contributed by atoms with Crippen LogP contribution in [0.25, 0.3) is 0 Å². The largest absolute Gasteiger partial charge is 0.394 e. The molecule has 8 heteroatoms. The number of nitrogens with one attached hydrogen (secondary N) is 2. The van der Waals surface area contributed by atoms with Crippen LogP contribution in [0.3, 0.4) is 0 Å². The summed E-state index contributed by atoms with van der Waals surface area (Å²) in [6.45, 7) is 10.3. The van der Waals surface area contributed by atoms with Crippen LogP contribution in [0, 0.1) is 31.6 Å². The molecule has 0 aromatic heterocycles. The Kier molecular flexibility index (Phi) is 7.53. The number of hydrogen-bond acceptors (Lipinski definition) is 5. The number of thioether (sulfide) groups is 1.